The highest BCUT2D eigenvalue weighted by atomic mass is 19.1. The van der Waals surface area contributed by atoms with E-state index in [-0.39, 0.29) is 11.7 Å². The molecular formula is C23H22FN3O2. The first-order valence-corrected chi connectivity index (χ1v) is 9.92. The summed E-state index contributed by atoms with van der Waals surface area (Å²) in [6.07, 6.45) is 0.917. The number of ketones is 1. The highest BCUT2D eigenvalue weighted by Crippen LogP contribution is 2.42. The summed E-state index contributed by atoms with van der Waals surface area (Å²) in [6, 6.07) is 14.8. The van der Waals surface area contributed by atoms with Gasteiger partial charge in [0.2, 0.25) is 5.78 Å². The van der Waals surface area contributed by atoms with E-state index in [9.17, 15) is 14.0 Å². The SMILES string of the molecule is CC1(F)CCN(CN2C(=O)/C(=C3\Nc4ccccc4C3=O)c3ccccc32)CC1. The second-order valence-corrected chi connectivity index (χ2v) is 8.17. The van der Waals surface area contributed by atoms with Gasteiger partial charge in [0, 0.05) is 29.9 Å². The first kappa shape index (κ1) is 18.1. The third kappa shape index (κ3) is 2.95. The molecule has 3 heterocycles. The molecule has 0 bridgehead atoms. The molecular weight excluding hydrogens is 369 g/mol. The number of hydrogen-bond acceptors (Lipinski definition) is 4. The van der Waals surface area contributed by atoms with E-state index < -0.39 is 5.67 Å². The lowest BCUT2D eigenvalue weighted by atomic mass is 9.96. The third-order valence-electron chi connectivity index (χ3n) is 6.07. The van der Waals surface area contributed by atoms with Crippen LogP contribution < -0.4 is 10.2 Å². The number of carbonyl (C=O) groups excluding carboxylic acids is 2. The topological polar surface area (TPSA) is 52.6 Å². The number of para-hydroxylation sites is 2. The van der Waals surface area contributed by atoms with Gasteiger partial charge in [-0.05, 0) is 38.0 Å². The lowest BCUT2D eigenvalue weighted by molar-refractivity contribution is -0.113. The molecule has 0 saturated carbocycles. The van der Waals surface area contributed by atoms with E-state index in [1.807, 2.05) is 42.5 Å². The summed E-state index contributed by atoms with van der Waals surface area (Å²) < 4.78 is 14.2. The first-order chi connectivity index (χ1) is 13.9. The van der Waals surface area contributed by atoms with Crippen molar-refractivity contribution < 1.29 is 14.0 Å². The van der Waals surface area contributed by atoms with Crippen molar-refractivity contribution in [2.45, 2.75) is 25.4 Å². The fourth-order valence-corrected chi connectivity index (χ4v) is 4.31. The van der Waals surface area contributed by atoms with Gasteiger partial charge in [-0.3, -0.25) is 19.4 Å². The minimum atomic E-state index is -1.14. The van der Waals surface area contributed by atoms with E-state index >= 15 is 0 Å². The van der Waals surface area contributed by atoms with Crippen molar-refractivity contribution in [1.29, 1.82) is 0 Å². The van der Waals surface area contributed by atoms with Crippen LogP contribution in [-0.2, 0) is 4.79 Å². The number of halogens is 1. The van der Waals surface area contributed by atoms with Crippen molar-refractivity contribution in [2.24, 2.45) is 0 Å². The Morgan fingerprint density at radius 3 is 2.38 bits per heavy atom. The van der Waals surface area contributed by atoms with Gasteiger partial charge in [0.15, 0.2) is 0 Å². The van der Waals surface area contributed by atoms with Crippen molar-refractivity contribution in [3.8, 4) is 0 Å². The lowest BCUT2D eigenvalue weighted by Gasteiger charge is -2.36. The van der Waals surface area contributed by atoms with Crippen LogP contribution in [0.5, 0.6) is 0 Å². The van der Waals surface area contributed by atoms with Gasteiger partial charge in [0.1, 0.15) is 11.4 Å². The fraction of sp³-hybridized carbons (Fsp3) is 0.304. The van der Waals surface area contributed by atoms with Gasteiger partial charge in [-0.15, -0.1) is 0 Å². The van der Waals surface area contributed by atoms with Gasteiger partial charge in [-0.25, -0.2) is 4.39 Å². The molecule has 148 valence electrons. The van der Waals surface area contributed by atoms with Gasteiger partial charge in [0.25, 0.3) is 5.91 Å². The monoisotopic (exact) mass is 391 g/mol. The zero-order chi connectivity index (χ0) is 20.2. The molecule has 5 rings (SSSR count). The Balaban J connectivity index is 1.50. The molecule has 29 heavy (non-hydrogen) atoms. The van der Waals surface area contributed by atoms with E-state index in [1.165, 1.54) is 0 Å². The lowest BCUT2D eigenvalue weighted by Crippen LogP contribution is -2.46. The molecule has 1 saturated heterocycles. The highest BCUT2D eigenvalue weighted by Gasteiger charge is 2.40. The minimum absolute atomic E-state index is 0.160. The number of nitrogens with one attached hydrogen (secondary N) is 1. The summed E-state index contributed by atoms with van der Waals surface area (Å²) >= 11 is 0. The van der Waals surface area contributed by atoms with Crippen molar-refractivity contribution in [3.63, 3.8) is 0 Å². The van der Waals surface area contributed by atoms with Crippen LogP contribution in [0.2, 0.25) is 0 Å². The Hall–Kier alpha value is -2.99. The number of amides is 1. The Bertz CT molecular complexity index is 1050. The van der Waals surface area contributed by atoms with Crippen LogP contribution in [0.15, 0.2) is 54.2 Å². The van der Waals surface area contributed by atoms with Gasteiger partial charge in [0.05, 0.1) is 17.9 Å². The maximum absolute atomic E-state index is 14.2. The molecule has 2 aromatic rings. The molecule has 3 aliphatic rings. The molecule has 0 unspecified atom stereocenters. The zero-order valence-corrected chi connectivity index (χ0v) is 16.2. The maximum atomic E-state index is 14.2. The molecule has 5 nitrogen and oxygen atoms in total. The molecule has 0 atom stereocenters. The third-order valence-corrected chi connectivity index (χ3v) is 6.07. The van der Waals surface area contributed by atoms with Gasteiger partial charge in [-0.2, -0.15) is 0 Å². The van der Waals surface area contributed by atoms with Gasteiger partial charge in [-0.1, -0.05) is 30.3 Å². The van der Waals surface area contributed by atoms with E-state index in [1.54, 1.807) is 17.9 Å². The van der Waals surface area contributed by atoms with Crippen molar-refractivity contribution >= 4 is 28.6 Å². The minimum Gasteiger partial charge on any atom is -0.351 e. The summed E-state index contributed by atoms with van der Waals surface area (Å²) in [6.45, 7) is 3.24. The number of carbonyl (C=O) groups is 2. The second-order valence-electron chi connectivity index (χ2n) is 8.17. The molecule has 1 N–H and O–H groups in total. The Kier molecular flexibility index (Phi) is 4.06. The normalized spacial score (nSPS) is 23.2. The van der Waals surface area contributed by atoms with Crippen molar-refractivity contribution in [1.82, 2.24) is 4.90 Å². The Morgan fingerprint density at radius 2 is 1.66 bits per heavy atom. The zero-order valence-electron chi connectivity index (χ0n) is 16.2. The smallest absolute Gasteiger partial charge is 0.262 e. The predicted octanol–water partition coefficient (Wildman–Crippen LogP) is 3.83. The van der Waals surface area contributed by atoms with Crippen LogP contribution in [0, 0.1) is 0 Å². The number of Topliss-reactive ketones (excluding diaryl/α,β-unsaturated/α-hetero) is 1. The number of anilines is 2. The number of nitrogens with zero attached hydrogens (tertiary/aromatic N) is 2. The number of hydrogen-bond donors (Lipinski definition) is 1. The quantitative estimate of drug-likeness (QED) is 0.791. The van der Waals surface area contributed by atoms with Crippen LogP contribution in [-0.4, -0.2) is 42.0 Å². The number of benzene rings is 2. The summed E-state index contributed by atoms with van der Waals surface area (Å²) in [5.74, 6) is -0.352. The standard InChI is InChI=1S/C23H22FN3O2/c1-23(24)10-12-26(13-11-23)14-27-18-9-5-3-7-16(18)19(22(27)29)20-21(28)15-6-2-4-8-17(15)25-20/h2-9,25H,10-14H2,1H3/b20-19-. The van der Waals surface area contributed by atoms with Crippen molar-refractivity contribution in [2.75, 3.05) is 30.0 Å². The molecule has 2 aromatic carbocycles. The van der Waals surface area contributed by atoms with Crippen LogP contribution in [0.25, 0.3) is 5.57 Å². The molecule has 0 spiro atoms. The number of allylic oxidation sites excluding steroid dienone is 1. The average Bonchev–Trinajstić information content (AvgIpc) is 3.18. The molecule has 0 radical (unpaired) electrons. The predicted molar refractivity (Wildman–Crippen MR) is 110 cm³/mol. The van der Waals surface area contributed by atoms with E-state index in [2.05, 4.69) is 10.2 Å². The number of alkyl halides is 1. The summed E-state index contributed by atoms with van der Waals surface area (Å²) in [7, 11) is 0. The molecule has 6 heteroatoms. The van der Waals surface area contributed by atoms with Gasteiger partial charge < -0.3 is 5.32 Å². The Morgan fingerprint density at radius 1 is 1.00 bits per heavy atom. The second kappa shape index (κ2) is 6.52. The first-order valence-electron chi connectivity index (χ1n) is 9.92. The molecule has 0 aromatic heterocycles. The number of fused-ring (bicyclic) bond motifs is 2. The maximum Gasteiger partial charge on any atom is 0.262 e. The highest BCUT2D eigenvalue weighted by molar-refractivity contribution is 6.39. The van der Waals surface area contributed by atoms with E-state index in [0.29, 0.717) is 49.4 Å². The number of likely N-dealkylation sites (tertiary alicyclic amines) is 1. The van der Waals surface area contributed by atoms with Crippen LogP contribution >= 0.6 is 0 Å². The summed E-state index contributed by atoms with van der Waals surface area (Å²) in [5.41, 5.74) is 2.46. The van der Waals surface area contributed by atoms with Gasteiger partial charge >= 0.3 is 0 Å². The average molecular weight is 391 g/mol. The van der Waals surface area contributed by atoms with E-state index in [4.69, 9.17) is 0 Å². The molecule has 1 fully saturated rings. The summed E-state index contributed by atoms with van der Waals surface area (Å²) in [4.78, 5) is 30.2. The van der Waals surface area contributed by atoms with Crippen molar-refractivity contribution in [3.05, 3.63) is 65.4 Å². The van der Waals surface area contributed by atoms with Crippen LogP contribution in [0.3, 0.4) is 0 Å². The fourth-order valence-electron chi connectivity index (χ4n) is 4.31. The Labute approximate surface area is 168 Å². The van der Waals surface area contributed by atoms with Crippen LogP contribution in [0.1, 0.15) is 35.7 Å². The molecule has 0 aliphatic carbocycles. The molecule has 1 amide bonds. The largest absolute Gasteiger partial charge is 0.351 e. The van der Waals surface area contributed by atoms with E-state index in [0.717, 1.165) is 16.9 Å². The number of piperidine rings is 1. The summed E-state index contributed by atoms with van der Waals surface area (Å²) in [5, 5.41) is 3.15. The number of rotatable bonds is 2. The van der Waals surface area contributed by atoms with Crippen LogP contribution in [0.4, 0.5) is 15.8 Å². The molecule has 3 aliphatic heterocycles.